The van der Waals surface area contributed by atoms with Gasteiger partial charge in [-0.15, -0.1) is 0 Å². The Morgan fingerprint density at radius 1 is 1.30 bits per heavy atom. The summed E-state index contributed by atoms with van der Waals surface area (Å²) in [4.78, 5) is 4.41. The molecule has 0 saturated heterocycles. The highest BCUT2D eigenvalue weighted by molar-refractivity contribution is 7.08. The van der Waals surface area contributed by atoms with Crippen molar-refractivity contribution in [1.29, 1.82) is 0 Å². The molecule has 0 fully saturated rings. The van der Waals surface area contributed by atoms with Crippen molar-refractivity contribution in [2.75, 3.05) is 12.8 Å². The van der Waals surface area contributed by atoms with E-state index in [1.54, 1.807) is 30.6 Å². The number of hydrogen-bond acceptors (Lipinski definition) is 6. The number of anilines is 1. The molecule has 5 nitrogen and oxygen atoms in total. The molecule has 2 aromatic heterocycles. The Morgan fingerprint density at radius 3 is 2.80 bits per heavy atom. The minimum atomic E-state index is 0.444. The first-order chi connectivity index (χ1) is 9.69. The van der Waals surface area contributed by atoms with Crippen molar-refractivity contribution >= 4 is 17.0 Å². The van der Waals surface area contributed by atoms with E-state index in [0.717, 1.165) is 16.7 Å². The van der Waals surface area contributed by atoms with Gasteiger partial charge in [-0.1, -0.05) is 5.16 Å². The number of rotatable bonds is 3. The Kier molecular flexibility index (Phi) is 3.15. The van der Waals surface area contributed by atoms with E-state index in [1.807, 2.05) is 18.4 Å². The molecular formula is C14H13N3O2S. The van der Waals surface area contributed by atoms with Gasteiger partial charge in [0.1, 0.15) is 5.75 Å². The van der Waals surface area contributed by atoms with Crippen LogP contribution in [0.25, 0.3) is 22.8 Å². The van der Waals surface area contributed by atoms with E-state index in [0.29, 0.717) is 23.2 Å². The number of thiophene rings is 1. The number of benzene rings is 1. The molecule has 0 aliphatic rings. The maximum Gasteiger partial charge on any atom is 0.258 e. The molecule has 6 heteroatoms. The first-order valence-electron chi connectivity index (χ1n) is 6.00. The molecule has 0 aliphatic heterocycles. The zero-order valence-electron chi connectivity index (χ0n) is 11.1. The van der Waals surface area contributed by atoms with Gasteiger partial charge in [0.05, 0.1) is 12.8 Å². The Hall–Kier alpha value is -2.34. The number of methoxy groups -OCH3 is 1. The molecular weight excluding hydrogens is 274 g/mol. The minimum Gasteiger partial charge on any atom is -0.495 e. The van der Waals surface area contributed by atoms with Crippen molar-refractivity contribution in [2.45, 2.75) is 6.92 Å². The molecule has 102 valence electrons. The number of ether oxygens (including phenoxy) is 1. The quantitative estimate of drug-likeness (QED) is 0.748. The smallest absolute Gasteiger partial charge is 0.258 e. The van der Waals surface area contributed by atoms with Crippen molar-refractivity contribution in [2.24, 2.45) is 0 Å². The highest BCUT2D eigenvalue weighted by Gasteiger charge is 2.14. The van der Waals surface area contributed by atoms with Crippen molar-refractivity contribution in [3.63, 3.8) is 0 Å². The van der Waals surface area contributed by atoms with Crippen molar-refractivity contribution in [3.8, 4) is 28.6 Å². The summed E-state index contributed by atoms with van der Waals surface area (Å²) in [6, 6.07) is 5.38. The van der Waals surface area contributed by atoms with E-state index < -0.39 is 0 Å². The third kappa shape index (κ3) is 2.14. The summed E-state index contributed by atoms with van der Waals surface area (Å²) in [7, 11) is 1.58. The van der Waals surface area contributed by atoms with Crippen LogP contribution in [0.5, 0.6) is 5.75 Å². The van der Waals surface area contributed by atoms with Crippen LogP contribution in [0.4, 0.5) is 5.69 Å². The third-order valence-corrected chi connectivity index (χ3v) is 3.86. The van der Waals surface area contributed by atoms with Gasteiger partial charge >= 0.3 is 0 Å². The molecule has 0 spiro atoms. The van der Waals surface area contributed by atoms with Gasteiger partial charge in [0.2, 0.25) is 5.82 Å². The first-order valence-corrected chi connectivity index (χ1v) is 6.94. The van der Waals surface area contributed by atoms with E-state index in [-0.39, 0.29) is 0 Å². The van der Waals surface area contributed by atoms with Crippen LogP contribution in [0.1, 0.15) is 5.56 Å². The number of aryl methyl sites for hydroxylation is 1. The van der Waals surface area contributed by atoms with Crippen molar-refractivity contribution in [1.82, 2.24) is 10.1 Å². The third-order valence-electron chi connectivity index (χ3n) is 3.00. The zero-order chi connectivity index (χ0) is 14.1. The highest BCUT2D eigenvalue weighted by Crippen LogP contribution is 2.30. The van der Waals surface area contributed by atoms with E-state index in [1.165, 1.54) is 0 Å². The highest BCUT2D eigenvalue weighted by atomic mass is 32.1. The Balaban J connectivity index is 1.98. The van der Waals surface area contributed by atoms with E-state index in [2.05, 4.69) is 15.5 Å². The average Bonchev–Trinajstić information content (AvgIpc) is 3.07. The summed E-state index contributed by atoms with van der Waals surface area (Å²) in [6.07, 6.45) is 0. The van der Waals surface area contributed by atoms with Gasteiger partial charge in [0, 0.05) is 16.5 Å². The normalized spacial score (nSPS) is 10.7. The van der Waals surface area contributed by atoms with Crippen LogP contribution in [-0.2, 0) is 0 Å². The summed E-state index contributed by atoms with van der Waals surface area (Å²) in [6.45, 7) is 2.02. The molecule has 3 aromatic rings. The molecule has 3 rings (SSSR count). The van der Waals surface area contributed by atoms with Crippen LogP contribution in [0.15, 0.2) is 33.5 Å². The second kappa shape index (κ2) is 4.97. The van der Waals surface area contributed by atoms with Crippen LogP contribution in [0, 0.1) is 6.92 Å². The maximum atomic E-state index is 5.88. The molecule has 1 aromatic carbocycles. The lowest BCUT2D eigenvalue weighted by Gasteiger charge is -2.04. The monoisotopic (exact) mass is 287 g/mol. The fourth-order valence-corrected chi connectivity index (χ4v) is 2.73. The van der Waals surface area contributed by atoms with Gasteiger partial charge in [0.15, 0.2) is 0 Å². The SMILES string of the molecule is COc1ccc(-c2nc(-c3cscc3C)no2)cc1N. The predicted octanol–water partition coefficient (Wildman–Crippen LogP) is 3.36. The van der Waals surface area contributed by atoms with Gasteiger partial charge < -0.3 is 15.0 Å². The van der Waals surface area contributed by atoms with Gasteiger partial charge in [-0.2, -0.15) is 16.3 Å². The number of nitrogen functional groups attached to an aromatic ring is 1. The predicted molar refractivity (Wildman–Crippen MR) is 78.7 cm³/mol. The van der Waals surface area contributed by atoms with Crippen LogP contribution in [0.3, 0.4) is 0 Å². The Labute approximate surface area is 120 Å². The summed E-state index contributed by atoms with van der Waals surface area (Å²) >= 11 is 1.62. The second-order valence-corrected chi connectivity index (χ2v) is 5.09. The molecule has 0 amide bonds. The fourth-order valence-electron chi connectivity index (χ4n) is 1.91. The molecule has 0 bridgehead atoms. The van der Waals surface area contributed by atoms with Crippen molar-refractivity contribution in [3.05, 3.63) is 34.5 Å². The largest absolute Gasteiger partial charge is 0.495 e. The van der Waals surface area contributed by atoms with Crippen LogP contribution in [-0.4, -0.2) is 17.3 Å². The number of hydrogen-bond donors (Lipinski definition) is 1. The van der Waals surface area contributed by atoms with Gasteiger partial charge in [-0.05, 0) is 36.1 Å². The summed E-state index contributed by atoms with van der Waals surface area (Å²) in [5.41, 5.74) is 9.32. The molecule has 2 heterocycles. The molecule has 0 unspecified atom stereocenters. The zero-order valence-corrected chi connectivity index (χ0v) is 11.9. The van der Waals surface area contributed by atoms with E-state index in [9.17, 15) is 0 Å². The van der Waals surface area contributed by atoms with Gasteiger partial charge in [-0.25, -0.2) is 0 Å². The molecule has 0 atom stereocenters. The molecule has 0 saturated carbocycles. The van der Waals surface area contributed by atoms with Crippen LogP contribution < -0.4 is 10.5 Å². The summed E-state index contributed by atoms with van der Waals surface area (Å²) in [5, 5.41) is 8.08. The molecule has 2 N–H and O–H groups in total. The standard InChI is InChI=1S/C14H13N3O2S/c1-8-6-20-7-10(8)13-16-14(19-17-13)9-3-4-12(18-2)11(15)5-9/h3-7H,15H2,1-2H3. The van der Waals surface area contributed by atoms with Crippen LogP contribution in [0.2, 0.25) is 0 Å². The second-order valence-electron chi connectivity index (χ2n) is 4.35. The lowest BCUT2D eigenvalue weighted by molar-refractivity contribution is 0.416. The Bertz CT molecular complexity index is 748. The number of nitrogens with zero attached hydrogens (tertiary/aromatic N) is 2. The fraction of sp³-hybridized carbons (Fsp3) is 0.143. The molecule has 0 aliphatic carbocycles. The number of aromatic nitrogens is 2. The van der Waals surface area contributed by atoms with E-state index >= 15 is 0 Å². The lowest BCUT2D eigenvalue weighted by Crippen LogP contribution is -1.92. The summed E-state index contributed by atoms with van der Waals surface area (Å²) in [5.74, 6) is 1.66. The average molecular weight is 287 g/mol. The van der Waals surface area contributed by atoms with Gasteiger partial charge in [0.25, 0.3) is 5.89 Å². The minimum absolute atomic E-state index is 0.444. The summed E-state index contributed by atoms with van der Waals surface area (Å²) < 4.78 is 10.4. The maximum absolute atomic E-state index is 5.88. The topological polar surface area (TPSA) is 74.2 Å². The first kappa shape index (κ1) is 12.7. The Morgan fingerprint density at radius 2 is 2.15 bits per heavy atom. The molecule has 20 heavy (non-hydrogen) atoms. The van der Waals surface area contributed by atoms with Crippen molar-refractivity contribution < 1.29 is 9.26 Å². The van der Waals surface area contributed by atoms with E-state index in [4.69, 9.17) is 15.0 Å². The van der Waals surface area contributed by atoms with Gasteiger partial charge in [-0.3, -0.25) is 0 Å². The number of nitrogens with two attached hydrogens (primary N) is 1. The molecule has 0 radical (unpaired) electrons. The van der Waals surface area contributed by atoms with Crippen LogP contribution >= 0.6 is 11.3 Å². The lowest BCUT2D eigenvalue weighted by atomic mass is 10.2.